The first kappa shape index (κ1) is 19.5. The molecule has 3 N–H and O–H groups in total. The van der Waals surface area contributed by atoms with Crippen LogP contribution in [-0.2, 0) is 10.0 Å². The van der Waals surface area contributed by atoms with Gasteiger partial charge in [-0.3, -0.25) is 4.79 Å². The fourth-order valence-corrected chi connectivity index (χ4v) is 3.28. The van der Waals surface area contributed by atoms with Gasteiger partial charge in [-0.05, 0) is 55.0 Å². The molecule has 0 fully saturated rings. The Morgan fingerprint density at radius 1 is 1.00 bits per heavy atom. The SMILES string of the molecule is NS(=O)(=O)c1ccccc1NC(=O)c1ccc(C#CC2=CC=C(F)CC2)cc1. The molecule has 0 atom stereocenters. The first-order chi connectivity index (χ1) is 13.3. The zero-order chi connectivity index (χ0) is 20.1. The van der Waals surface area contributed by atoms with Crippen LogP contribution in [0.2, 0.25) is 0 Å². The number of carbonyl (C=O) groups excluding carboxylic acids is 1. The van der Waals surface area contributed by atoms with Crippen molar-refractivity contribution in [1.82, 2.24) is 0 Å². The number of allylic oxidation sites excluding steroid dienone is 4. The van der Waals surface area contributed by atoms with E-state index >= 15 is 0 Å². The Labute approximate surface area is 162 Å². The van der Waals surface area contributed by atoms with E-state index in [2.05, 4.69) is 17.2 Å². The summed E-state index contributed by atoms with van der Waals surface area (Å²) in [6, 6.07) is 12.5. The molecule has 3 rings (SSSR count). The fourth-order valence-electron chi connectivity index (χ4n) is 2.59. The average molecular weight is 396 g/mol. The van der Waals surface area contributed by atoms with E-state index in [0.29, 0.717) is 24.0 Å². The molecule has 5 nitrogen and oxygen atoms in total. The summed E-state index contributed by atoms with van der Waals surface area (Å²) in [5.41, 5.74) is 2.01. The summed E-state index contributed by atoms with van der Waals surface area (Å²) >= 11 is 0. The molecule has 1 aliphatic carbocycles. The number of anilines is 1. The van der Waals surface area contributed by atoms with Gasteiger partial charge < -0.3 is 5.32 Å². The monoisotopic (exact) mass is 396 g/mol. The molecular weight excluding hydrogens is 379 g/mol. The van der Waals surface area contributed by atoms with Crippen LogP contribution in [0.3, 0.4) is 0 Å². The van der Waals surface area contributed by atoms with Gasteiger partial charge in [-0.2, -0.15) is 0 Å². The van der Waals surface area contributed by atoms with Crippen molar-refractivity contribution in [1.29, 1.82) is 0 Å². The molecule has 28 heavy (non-hydrogen) atoms. The zero-order valence-corrected chi connectivity index (χ0v) is 15.6. The van der Waals surface area contributed by atoms with Crippen molar-refractivity contribution in [2.45, 2.75) is 17.7 Å². The lowest BCUT2D eigenvalue weighted by molar-refractivity contribution is 0.102. The van der Waals surface area contributed by atoms with Gasteiger partial charge in [0.25, 0.3) is 5.91 Å². The van der Waals surface area contributed by atoms with Crippen LogP contribution in [-0.4, -0.2) is 14.3 Å². The Kier molecular flexibility index (Phi) is 5.73. The van der Waals surface area contributed by atoms with Gasteiger partial charge in [0.1, 0.15) is 10.7 Å². The number of primary sulfonamides is 1. The molecule has 0 aliphatic heterocycles. The second kappa shape index (κ2) is 8.21. The first-order valence-electron chi connectivity index (χ1n) is 8.43. The van der Waals surface area contributed by atoms with Crippen molar-refractivity contribution in [2.75, 3.05) is 5.32 Å². The molecule has 7 heteroatoms. The predicted octanol–water partition coefficient (Wildman–Crippen LogP) is 3.51. The molecule has 0 unspecified atom stereocenters. The Morgan fingerprint density at radius 3 is 2.36 bits per heavy atom. The number of amides is 1. The van der Waals surface area contributed by atoms with Gasteiger partial charge in [0.05, 0.1) is 5.69 Å². The number of sulfonamides is 1. The smallest absolute Gasteiger partial charge is 0.255 e. The Bertz CT molecular complexity index is 1140. The third-order valence-electron chi connectivity index (χ3n) is 4.05. The van der Waals surface area contributed by atoms with Crippen molar-refractivity contribution in [2.24, 2.45) is 5.14 Å². The van der Waals surface area contributed by atoms with Gasteiger partial charge in [0, 0.05) is 23.1 Å². The molecular formula is C21H17FN2O3S. The van der Waals surface area contributed by atoms with E-state index < -0.39 is 15.9 Å². The van der Waals surface area contributed by atoms with E-state index in [4.69, 9.17) is 5.14 Å². The van der Waals surface area contributed by atoms with Crippen molar-refractivity contribution in [3.63, 3.8) is 0 Å². The molecule has 0 bridgehead atoms. The quantitative estimate of drug-likeness (QED) is 0.778. The molecule has 0 heterocycles. The summed E-state index contributed by atoms with van der Waals surface area (Å²) in [5, 5.41) is 7.73. The first-order valence-corrected chi connectivity index (χ1v) is 9.98. The Morgan fingerprint density at radius 2 is 1.71 bits per heavy atom. The Hall–Kier alpha value is -3.21. The minimum Gasteiger partial charge on any atom is -0.321 e. The van der Waals surface area contributed by atoms with E-state index in [-0.39, 0.29) is 16.4 Å². The molecule has 0 aromatic heterocycles. The third-order valence-corrected chi connectivity index (χ3v) is 5.02. The standard InChI is InChI=1S/C21H17FN2O3S/c22-18-13-9-16(10-14-18)6-5-15-7-11-17(12-8-15)21(25)24-19-3-1-2-4-20(19)28(23,26)27/h1-4,7-9,11-13H,10,14H2,(H,24,25)(H2,23,26,27). The molecule has 0 saturated carbocycles. The minimum absolute atomic E-state index is 0.114. The van der Waals surface area contributed by atoms with E-state index in [1.807, 2.05) is 0 Å². The van der Waals surface area contributed by atoms with Crippen molar-refractivity contribution in [3.05, 3.63) is 83.2 Å². The van der Waals surface area contributed by atoms with Crippen molar-refractivity contribution < 1.29 is 17.6 Å². The lowest BCUT2D eigenvalue weighted by Crippen LogP contribution is -2.18. The lowest BCUT2D eigenvalue weighted by atomic mass is 10.0. The van der Waals surface area contributed by atoms with E-state index in [1.54, 1.807) is 36.4 Å². The Balaban J connectivity index is 1.74. The maximum absolute atomic E-state index is 13.0. The van der Waals surface area contributed by atoms with Gasteiger partial charge in [-0.15, -0.1) is 0 Å². The number of nitrogens with two attached hydrogens (primary N) is 1. The second-order valence-corrected chi connectivity index (χ2v) is 7.66. The van der Waals surface area contributed by atoms with Crippen LogP contribution in [0.25, 0.3) is 0 Å². The van der Waals surface area contributed by atoms with Crippen LogP contribution < -0.4 is 10.5 Å². The summed E-state index contributed by atoms with van der Waals surface area (Å²) in [7, 11) is -3.96. The van der Waals surface area contributed by atoms with E-state index in [0.717, 1.165) is 5.57 Å². The number of hydrogen-bond donors (Lipinski definition) is 2. The van der Waals surface area contributed by atoms with Crippen LogP contribution in [0.5, 0.6) is 0 Å². The number of hydrogen-bond acceptors (Lipinski definition) is 3. The summed E-state index contributed by atoms with van der Waals surface area (Å²) < 4.78 is 36.2. The normalized spacial score (nSPS) is 13.6. The van der Waals surface area contributed by atoms with Crippen LogP contribution in [0.4, 0.5) is 10.1 Å². The van der Waals surface area contributed by atoms with Gasteiger partial charge in [0.15, 0.2) is 0 Å². The summed E-state index contributed by atoms with van der Waals surface area (Å²) in [6.07, 6.45) is 4.01. The predicted molar refractivity (Wildman–Crippen MR) is 106 cm³/mol. The highest BCUT2D eigenvalue weighted by atomic mass is 32.2. The summed E-state index contributed by atoms with van der Waals surface area (Å²) in [5.74, 6) is 5.35. The fraction of sp³-hybridized carbons (Fsp3) is 0.0952. The summed E-state index contributed by atoms with van der Waals surface area (Å²) in [6.45, 7) is 0. The summed E-state index contributed by atoms with van der Waals surface area (Å²) in [4.78, 5) is 12.3. The minimum atomic E-state index is -3.96. The highest BCUT2D eigenvalue weighted by Crippen LogP contribution is 2.20. The lowest BCUT2D eigenvalue weighted by Gasteiger charge is -2.09. The van der Waals surface area contributed by atoms with Crippen LogP contribution in [0, 0.1) is 11.8 Å². The number of nitrogens with one attached hydrogen (secondary N) is 1. The molecule has 142 valence electrons. The van der Waals surface area contributed by atoms with Crippen molar-refractivity contribution in [3.8, 4) is 11.8 Å². The molecule has 2 aromatic rings. The second-order valence-electron chi connectivity index (χ2n) is 6.13. The third kappa shape index (κ3) is 4.94. The highest BCUT2D eigenvalue weighted by molar-refractivity contribution is 7.89. The van der Waals surface area contributed by atoms with E-state index in [9.17, 15) is 17.6 Å². The molecule has 0 radical (unpaired) electrons. The number of halogens is 1. The van der Waals surface area contributed by atoms with Crippen molar-refractivity contribution >= 4 is 21.6 Å². The molecule has 0 spiro atoms. The number of benzene rings is 2. The number of para-hydroxylation sites is 1. The van der Waals surface area contributed by atoms with Gasteiger partial charge in [-0.25, -0.2) is 17.9 Å². The van der Waals surface area contributed by atoms with Crippen LogP contribution in [0.15, 0.2) is 77.0 Å². The molecule has 1 amide bonds. The topological polar surface area (TPSA) is 89.3 Å². The highest BCUT2D eigenvalue weighted by Gasteiger charge is 2.15. The van der Waals surface area contributed by atoms with Gasteiger partial charge in [0.2, 0.25) is 10.0 Å². The number of rotatable bonds is 3. The van der Waals surface area contributed by atoms with Gasteiger partial charge in [-0.1, -0.05) is 24.0 Å². The maximum Gasteiger partial charge on any atom is 0.255 e. The zero-order valence-electron chi connectivity index (χ0n) is 14.8. The molecule has 1 aliphatic rings. The average Bonchev–Trinajstić information content (AvgIpc) is 2.67. The number of carbonyl (C=O) groups is 1. The molecule has 0 saturated heterocycles. The maximum atomic E-state index is 13.0. The largest absolute Gasteiger partial charge is 0.321 e. The van der Waals surface area contributed by atoms with E-state index in [1.165, 1.54) is 24.3 Å². The molecule has 2 aromatic carbocycles. The van der Waals surface area contributed by atoms with Crippen LogP contribution >= 0.6 is 0 Å². The van der Waals surface area contributed by atoms with Gasteiger partial charge >= 0.3 is 0 Å². The van der Waals surface area contributed by atoms with Crippen LogP contribution in [0.1, 0.15) is 28.8 Å².